The zero-order valence-corrected chi connectivity index (χ0v) is 13.5. The van der Waals surface area contributed by atoms with Crippen LogP contribution in [0.5, 0.6) is 5.75 Å². The molecule has 0 radical (unpaired) electrons. The number of carbonyl (C=O) groups is 1. The Morgan fingerprint density at radius 2 is 2.33 bits per heavy atom. The third-order valence-electron chi connectivity index (χ3n) is 2.65. The highest BCUT2D eigenvalue weighted by atomic mass is 79.9. The van der Waals surface area contributed by atoms with Gasteiger partial charge in [-0.1, -0.05) is 21.0 Å². The minimum Gasteiger partial charge on any atom is -0.496 e. The number of hydrogen-bond acceptors (Lipinski definition) is 5. The number of benzene rings is 1. The molecular weight excluding hydrogens is 340 g/mol. The van der Waals surface area contributed by atoms with Gasteiger partial charge < -0.3 is 14.8 Å². The van der Waals surface area contributed by atoms with Crippen molar-refractivity contribution in [2.24, 2.45) is 5.11 Å². The van der Waals surface area contributed by atoms with Gasteiger partial charge >= 0.3 is 5.97 Å². The number of nitrogens with zero attached hydrogens (tertiary/aromatic N) is 3. The molecule has 0 saturated heterocycles. The van der Waals surface area contributed by atoms with Gasteiger partial charge in [0, 0.05) is 28.0 Å². The average molecular weight is 357 g/mol. The normalized spacial score (nSPS) is 11.4. The van der Waals surface area contributed by atoms with Crippen molar-refractivity contribution >= 4 is 21.9 Å². The summed E-state index contributed by atoms with van der Waals surface area (Å²) in [6, 6.07) is 4.69. The lowest BCUT2D eigenvalue weighted by atomic mass is 10.1. The molecule has 21 heavy (non-hydrogen) atoms. The molecular formula is C13H17BrN4O3. The summed E-state index contributed by atoms with van der Waals surface area (Å²) in [5, 5.41) is 6.45. The van der Waals surface area contributed by atoms with E-state index in [4.69, 9.17) is 15.0 Å². The van der Waals surface area contributed by atoms with E-state index in [0.29, 0.717) is 17.9 Å². The first-order valence-electron chi connectivity index (χ1n) is 6.38. The van der Waals surface area contributed by atoms with Gasteiger partial charge in [-0.15, -0.1) is 0 Å². The fourth-order valence-electron chi connectivity index (χ4n) is 1.78. The van der Waals surface area contributed by atoms with E-state index in [1.807, 2.05) is 6.07 Å². The van der Waals surface area contributed by atoms with Crippen molar-refractivity contribution in [3.8, 4) is 5.75 Å². The molecule has 0 fully saturated rings. The third-order valence-corrected chi connectivity index (χ3v) is 3.14. The largest absolute Gasteiger partial charge is 0.496 e. The SMILES string of the molecule is CCOC(=O)C(NCCN=[N+]=[N-])c1cc(Br)ccc1OC. The van der Waals surface area contributed by atoms with Crippen LogP contribution in [-0.4, -0.2) is 32.8 Å². The standard InChI is InChI=1S/C13H17BrN4O3/c1-3-21-13(19)12(16-6-7-17-18-15)10-8-9(14)4-5-11(10)20-2/h4-5,8,12,16H,3,6-7H2,1-2H3. The Bertz CT molecular complexity index is 532. The van der Waals surface area contributed by atoms with Gasteiger partial charge in [0.1, 0.15) is 11.8 Å². The van der Waals surface area contributed by atoms with E-state index in [0.717, 1.165) is 4.47 Å². The van der Waals surface area contributed by atoms with Gasteiger partial charge in [0.25, 0.3) is 0 Å². The molecule has 0 aliphatic carbocycles. The number of ether oxygens (including phenoxy) is 2. The Morgan fingerprint density at radius 3 is 2.95 bits per heavy atom. The molecule has 1 rings (SSSR count). The lowest BCUT2D eigenvalue weighted by molar-refractivity contribution is -0.145. The molecule has 0 amide bonds. The second-order valence-electron chi connectivity index (χ2n) is 3.98. The van der Waals surface area contributed by atoms with Crippen molar-refractivity contribution in [3.05, 3.63) is 38.7 Å². The van der Waals surface area contributed by atoms with Gasteiger partial charge in [-0.3, -0.25) is 0 Å². The fourth-order valence-corrected chi connectivity index (χ4v) is 2.16. The topological polar surface area (TPSA) is 96.3 Å². The van der Waals surface area contributed by atoms with Crippen molar-refractivity contribution in [2.45, 2.75) is 13.0 Å². The summed E-state index contributed by atoms with van der Waals surface area (Å²) < 4.78 is 11.2. The number of methoxy groups -OCH3 is 1. The molecule has 0 aliphatic heterocycles. The van der Waals surface area contributed by atoms with Crippen LogP contribution in [0.15, 0.2) is 27.8 Å². The van der Waals surface area contributed by atoms with Crippen molar-refractivity contribution in [1.29, 1.82) is 0 Å². The summed E-state index contributed by atoms with van der Waals surface area (Å²) in [5.41, 5.74) is 8.93. The van der Waals surface area contributed by atoms with Crippen molar-refractivity contribution < 1.29 is 14.3 Å². The molecule has 0 heterocycles. The number of halogens is 1. The minimum atomic E-state index is -0.689. The summed E-state index contributed by atoms with van der Waals surface area (Å²) in [6.07, 6.45) is 0. The van der Waals surface area contributed by atoms with Gasteiger partial charge in [0.05, 0.1) is 13.7 Å². The first kappa shape index (κ1) is 17.3. The molecule has 1 aromatic carbocycles. The smallest absolute Gasteiger partial charge is 0.327 e. The predicted octanol–water partition coefficient (Wildman–Crippen LogP) is 2.96. The summed E-state index contributed by atoms with van der Waals surface area (Å²) in [7, 11) is 1.54. The monoisotopic (exact) mass is 356 g/mol. The maximum Gasteiger partial charge on any atom is 0.327 e. The van der Waals surface area contributed by atoms with Crippen LogP contribution in [0.25, 0.3) is 10.4 Å². The van der Waals surface area contributed by atoms with E-state index in [1.54, 1.807) is 19.1 Å². The summed E-state index contributed by atoms with van der Waals surface area (Å²) >= 11 is 3.37. The zero-order chi connectivity index (χ0) is 15.7. The van der Waals surface area contributed by atoms with Crippen molar-refractivity contribution in [1.82, 2.24) is 5.32 Å². The van der Waals surface area contributed by atoms with E-state index in [-0.39, 0.29) is 13.2 Å². The summed E-state index contributed by atoms with van der Waals surface area (Å²) in [5.74, 6) is 0.169. The van der Waals surface area contributed by atoms with Gasteiger partial charge in [-0.25, -0.2) is 4.79 Å². The Morgan fingerprint density at radius 1 is 1.57 bits per heavy atom. The van der Waals surface area contributed by atoms with Crippen LogP contribution >= 0.6 is 15.9 Å². The Hall–Kier alpha value is -1.76. The van der Waals surface area contributed by atoms with Gasteiger partial charge in [-0.2, -0.15) is 0 Å². The summed E-state index contributed by atoms with van der Waals surface area (Å²) in [6.45, 7) is 2.61. The maximum absolute atomic E-state index is 12.1. The quantitative estimate of drug-likeness (QED) is 0.254. The first-order chi connectivity index (χ1) is 10.1. The van der Waals surface area contributed by atoms with E-state index >= 15 is 0 Å². The number of carbonyl (C=O) groups excluding carboxylic acids is 1. The van der Waals surface area contributed by atoms with Gasteiger partial charge in [-0.05, 0) is 30.7 Å². The Balaban J connectivity index is 3.01. The number of hydrogen-bond donors (Lipinski definition) is 1. The van der Waals surface area contributed by atoms with Crippen LogP contribution < -0.4 is 10.1 Å². The Labute approximate surface area is 131 Å². The second kappa shape index (κ2) is 9.23. The fraction of sp³-hybridized carbons (Fsp3) is 0.462. The van der Waals surface area contributed by atoms with Crippen LogP contribution in [0, 0.1) is 0 Å². The molecule has 1 atom stereocenters. The second-order valence-corrected chi connectivity index (χ2v) is 4.90. The predicted molar refractivity (Wildman–Crippen MR) is 82.1 cm³/mol. The van der Waals surface area contributed by atoms with Gasteiger partial charge in [0.2, 0.25) is 0 Å². The molecule has 0 spiro atoms. The number of rotatable bonds is 8. The van der Waals surface area contributed by atoms with Crippen LogP contribution in [0.4, 0.5) is 0 Å². The van der Waals surface area contributed by atoms with Crippen LogP contribution in [0.3, 0.4) is 0 Å². The Kier molecular flexibility index (Phi) is 7.60. The van der Waals surface area contributed by atoms with E-state index in [1.165, 1.54) is 7.11 Å². The highest BCUT2D eigenvalue weighted by molar-refractivity contribution is 9.10. The molecule has 1 unspecified atom stereocenters. The number of azide groups is 1. The first-order valence-corrected chi connectivity index (χ1v) is 7.17. The zero-order valence-electron chi connectivity index (χ0n) is 11.9. The van der Waals surface area contributed by atoms with Crippen LogP contribution in [0.1, 0.15) is 18.5 Å². The van der Waals surface area contributed by atoms with E-state index < -0.39 is 12.0 Å². The van der Waals surface area contributed by atoms with E-state index in [2.05, 4.69) is 31.3 Å². The molecule has 0 saturated carbocycles. The van der Waals surface area contributed by atoms with Crippen molar-refractivity contribution in [2.75, 3.05) is 26.8 Å². The van der Waals surface area contributed by atoms with Crippen molar-refractivity contribution in [3.63, 3.8) is 0 Å². The van der Waals surface area contributed by atoms with Crippen LogP contribution in [0.2, 0.25) is 0 Å². The lowest BCUT2D eigenvalue weighted by Gasteiger charge is -2.19. The summed E-state index contributed by atoms with van der Waals surface area (Å²) in [4.78, 5) is 14.8. The highest BCUT2D eigenvalue weighted by Crippen LogP contribution is 2.29. The molecule has 8 heteroatoms. The molecule has 0 aromatic heterocycles. The molecule has 114 valence electrons. The highest BCUT2D eigenvalue weighted by Gasteiger charge is 2.24. The van der Waals surface area contributed by atoms with E-state index in [9.17, 15) is 4.79 Å². The van der Waals surface area contributed by atoms with Gasteiger partial charge in [0.15, 0.2) is 0 Å². The molecule has 7 nitrogen and oxygen atoms in total. The molecule has 1 N–H and O–H groups in total. The maximum atomic E-state index is 12.1. The molecule has 0 aliphatic rings. The lowest BCUT2D eigenvalue weighted by Crippen LogP contribution is -2.32. The molecule has 0 bridgehead atoms. The number of esters is 1. The average Bonchev–Trinajstić information content (AvgIpc) is 2.47. The minimum absolute atomic E-state index is 0.239. The molecule has 1 aromatic rings. The van der Waals surface area contributed by atoms with Crippen LogP contribution in [-0.2, 0) is 9.53 Å². The third kappa shape index (κ3) is 5.26. The number of nitrogens with one attached hydrogen (secondary N) is 1.